The summed E-state index contributed by atoms with van der Waals surface area (Å²) >= 11 is 0. The molecule has 1 amide bonds. The van der Waals surface area contributed by atoms with Gasteiger partial charge in [0.05, 0.1) is 5.92 Å². The van der Waals surface area contributed by atoms with Crippen LogP contribution in [0.3, 0.4) is 0 Å². The summed E-state index contributed by atoms with van der Waals surface area (Å²) in [5.74, 6) is -1.64. The Balaban J connectivity index is 1.89. The van der Waals surface area contributed by atoms with Gasteiger partial charge in [0.1, 0.15) is 0 Å². The quantitative estimate of drug-likeness (QED) is 0.943. The zero-order chi connectivity index (χ0) is 15.5. The minimum absolute atomic E-state index is 0.0784. The highest BCUT2D eigenvalue weighted by Crippen LogP contribution is 2.29. The summed E-state index contributed by atoms with van der Waals surface area (Å²) < 4.78 is 0. The van der Waals surface area contributed by atoms with Crippen LogP contribution in [0.2, 0.25) is 0 Å². The average molecular weight is 295 g/mol. The summed E-state index contributed by atoms with van der Waals surface area (Å²) in [5.41, 5.74) is 3.02. The van der Waals surface area contributed by atoms with Gasteiger partial charge < -0.3 is 10.0 Å². The van der Waals surface area contributed by atoms with Crippen LogP contribution in [-0.2, 0) is 16.0 Å². The fraction of sp³-hybridized carbons (Fsp3) is 0.222. The molecule has 4 nitrogen and oxygen atoms in total. The molecule has 2 aromatic carbocycles. The second kappa shape index (κ2) is 6.02. The third-order valence-electron chi connectivity index (χ3n) is 3.99. The number of carboxylic acids is 1. The van der Waals surface area contributed by atoms with Gasteiger partial charge in [0.25, 0.3) is 0 Å². The van der Waals surface area contributed by atoms with Gasteiger partial charge in [0.2, 0.25) is 5.91 Å². The number of carbonyl (C=O) groups is 2. The number of amides is 1. The molecule has 0 aromatic heterocycles. The third kappa shape index (κ3) is 2.86. The fourth-order valence-corrected chi connectivity index (χ4v) is 2.85. The van der Waals surface area contributed by atoms with Crippen molar-refractivity contribution in [1.82, 2.24) is 0 Å². The number of hydrogen-bond acceptors (Lipinski definition) is 2. The molecule has 3 rings (SSSR count). The number of hydrogen-bond donors (Lipinski definition) is 1. The molecule has 1 saturated heterocycles. The first-order valence-electron chi connectivity index (χ1n) is 7.30. The van der Waals surface area contributed by atoms with Crippen LogP contribution in [0.1, 0.15) is 17.5 Å². The summed E-state index contributed by atoms with van der Waals surface area (Å²) in [6, 6.07) is 17.7. The molecule has 1 unspecified atom stereocenters. The van der Waals surface area contributed by atoms with E-state index in [0.29, 0.717) is 0 Å². The highest BCUT2D eigenvalue weighted by atomic mass is 16.4. The largest absolute Gasteiger partial charge is 0.481 e. The van der Waals surface area contributed by atoms with Crippen molar-refractivity contribution in [3.63, 3.8) is 0 Å². The molecule has 4 heteroatoms. The predicted octanol–water partition coefficient (Wildman–Crippen LogP) is 2.71. The number of nitrogens with zero attached hydrogens (tertiary/aromatic N) is 1. The normalized spacial score (nSPS) is 17.7. The van der Waals surface area contributed by atoms with Gasteiger partial charge in [-0.1, -0.05) is 48.5 Å². The first-order valence-corrected chi connectivity index (χ1v) is 7.30. The van der Waals surface area contributed by atoms with Crippen LogP contribution < -0.4 is 4.90 Å². The van der Waals surface area contributed by atoms with Gasteiger partial charge in [0.15, 0.2) is 0 Å². The van der Waals surface area contributed by atoms with Crippen molar-refractivity contribution in [2.75, 3.05) is 11.4 Å². The van der Waals surface area contributed by atoms with E-state index in [0.717, 1.165) is 23.2 Å². The summed E-state index contributed by atoms with van der Waals surface area (Å²) in [7, 11) is 0. The summed E-state index contributed by atoms with van der Waals surface area (Å²) in [6.07, 6.45) is 0.799. The van der Waals surface area contributed by atoms with Crippen LogP contribution in [0.15, 0.2) is 54.6 Å². The topological polar surface area (TPSA) is 57.6 Å². The lowest BCUT2D eigenvalue weighted by atomic mass is 10.0. The van der Waals surface area contributed by atoms with Gasteiger partial charge in [-0.05, 0) is 23.6 Å². The number of para-hydroxylation sites is 1. The first kappa shape index (κ1) is 14.3. The Labute approximate surface area is 129 Å². The Morgan fingerprint density at radius 1 is 1.09 bits per heavy atom. The van der Waals surface area contributed by atoms with Crippen molar-refractivity contribution in [1.29, 1.82) is 0 Å². The summed E-state index contributed by atoms with van der Waals surface area (Å²) in [4.78, 5) is 24.9. The number of rotatable bonds is 4. The standard InChI is InChI=1S/C18H17NO3/c20-17-11-15(18(21)22)12-19(17)16-9-5-4-8-14(16)10-13-6-2-1-3-7-13/h1-9,15H,10-12H2,(H,21,22). The molecule has 1 atom stereocenters. The lowest BCUT2D eigenvalue weighted by molar-refractivity contribution is -0.141. The van der Waals surface area contributed by atoms with Crippen molar-refractivity contribution >= 4 is 17.6 Å². The van der Waals surface area contributed by atoms with E-state index in [1.807, 2.05) is 54.6 Å². The number of anilines is 1. The maximum atomic E-state index is 12.2. The molecule has 0 radical (unpaired) electrons. The number of carbonyl (C=O) groups excluding carboxylic acids is 1. The molecular formula is C18H17NO3. The molecule has 0 saturated carbocycles. The van der Waals surface area contributed by atoms with Crippen LogP contribution in [0.5, 0.6) is 0 Å². The van der Waals surface area contributed by atoms with Crippen molar-refractivity contribution in [3.8, 4) is 0 Å². The minimum atomic E-state index is -0.906. The first-order chi connectivity index (χ1) is 10.6. The Kier molecular flexibility index (Phi) is 3.92. The maximum absolute atomic E-state index is 12.2. The van der Waals surface area contributed by atoms with E-state index in [2.05, 4.69) is 0 Å². The lowest BCUT2D eigenvalue weighted by Crippen LogP contribution is -2.26. The van der Waals surface area contributed by atoms with Gasteiger partial charge >= 0.3 is 5.97 Å². The molecule has 22 heavy (non-hydrogen) atoms. The van der Waals surface area contributed by atoms with E-state index < -0.39 is 11.9 Å². The number of carboxylic acid groups (broad SMARTS) is 1. The highest BCUT2D eigenvalue weighted by Gasteiger charge is 2.35. The van der Waals surface area contributed by atoms with E-state index in [-0.39, 0.29) is 18.9 Å². The Bertz CT molecular complexity index is 696. The van der Waals surface area contributed by atoms with Crippen LogP contribution in [0.4, 0.5) is 5.69 Å². The lowest BCUT2D eigenvalue weighted by Gasteiger charge is -2.20. The second-order valence-corrected chi connectivity index (χ2v) is 5.53. The second-order valence-electron chi connectivity index (χ2n) is 5.53. The molecule has 2 aromatic rings. The molecule has 0 bridgehead atoms. The smallest absolute Gasteiger partial charge is 0.308 e. The number of aliphatic carboxylic acids is 1. The minimum Gasteiger partial charge on any atom is -0.481 e. The van der Waals surface area contributed by atoms with Gasteiger partial charge in [-0.25, -0.2) is 0 Å². The molecule has 1 aliphatic heterocycles. The number of benzene rings is 2. The molecule has 0 aliphatic carbocycles. The molecule has 1 N–H and O–H groups in total. The van der Waals surface area contributed by atoms with Crippen LogP contribution in [0, 0.1) is 5.92 Å². The van der Waals surface area contributed by atoms with Crippen molar-refractivity contribution in [3.05, 3.63) is 65.7 Å². The van der Waals surface area contributed by atoms with E-state index in [4.69, 9.17) is 5.11 Å². The Morgan fingerprint density at radius 2 is 1.77 bits per heavy atom. The van der Waals surface area contributed by atoms with Gasteiger partial charge in [-0.2, -0.15) is 0 Å². The SMILES string of the molecule is O=C(O)C1CC(=O)N(c2ccccc2Cc2ccccc2)C1. The predicted molar refractivity (Wildman–Crippen MR) is 83.8 cm³/mol. The zero-order valence-corrected chi connectivity index (χ0v) is 12.1. The van der Waals surface area contributed by atoms with Gasteiger partial charge in [-0.3, -0.25) is 9.59 Å². The molecular weight excluding hydrogens is 278 g/mol. The fourth-order valence-electron chi connectivity index (χ4n) is 2.85. The monoisotopic (exact) mass is 295 g/mol. The van der Waals surface area contributed by atoms with E-state index in [1.165, 1.54) is 0 Å². The zero-order valence-electron chi connectivity index (χ0n) is 12.1. The van der Waals surface area contributed by atoms with Gasteiger partial charge in [0, 0.05) is 18.7 Å². The molecule has 0 spiro atoms. The van der Waals surface area contributed by atoms with Crippen molar-refractivity contribution in [2.45, 2.75) is 12.8 Å². The summed E-state index contributed by atoms with van der Waals surface area (Å²) in [5, 5.41) is 9.12. The molecule has 1 heterocycles. The average Bonchev–Trinajstić information content (AvgIpc) is 2.91. The van der Waals surface area contributed by atoms with Crippen LogP contribution >= 0.6 is 0 Å². The highest BCUT2D eigenvalue weighted by molar-refractivity contribution is 5.99. The van der Waals surface area contributed by atoms with E-state index in [1.54, 1.807) is 4.90 Å². The van der Waals surface area contributed by atoms with E-state index in [9.17, 15) is 9.59 Å². The van der Waals surface area contributed by atoms with Crippen molar-refractivity contribution in [2.24, 2.45) is 5.92 Å². The maximum Gasteiger partial charge on any atom is 0.308 e. The molecule has 1 fully saturated rings. The van der Waals surface area contributed by atoms with Gasteiger partial charge in [-0.15, -0.1) is 0 Å². The van der Waals surface area contributed by atoms with Crippen LogP contribution in [0.25, 0.3) is 0 Å². The molecule has 112 valence electrons. The third-order valence-corrected chi connectivity index (χ3v) is 3.99. The van der Waals surface area contributed by atoms with Crippen LogP contribution in [-0.4, -0.2) is 23.5 Å². The van der Waals surface area contributed by atoms with E-state index >= 15 is 0 Å². The Morgan fingerprint density at radius 3 is 2.45 bits per heavy atom. The Hall–Kier alpha value is -2.62. The van der Waals surface area contributed by atoms with Crippen molar-refractivity contribution < 1.29 is 14.7 Å². The molecule has 1 aliphatic rings. The summed E-state index contributed by atoms with van der Waals surface area (Å²) in [6.45, 7) is 0.250.